The number of amides is 2. The van der Waals surface area contributed by atoms with E-state index < -0.39 is 34.9 Å². The fourth-order valence-corrected chi connectivity index (χ4v) is 7.27. The van der Waals surface area contributed by atoms with Gasteiger partial charge in [0.2, 0.25) is 11.8 Å². The molecule has 2 aromatic rings. The predicted molar refractivity (Wildman–Crippen MR) is 160 cm³/mol. The van der Waals surface area contributed by atoms with Gasteiger partial charge in [-0.15, -0.1) is 11.8 Å². The molecule has 5 rings (SSSR count). The molecule has 6 atom stereocenters. The molecule has 0 aliphatic carbocycles. The van der Waals surface area contributed by atoms with Gasteiger partial charge in [0, 0.05) is 35.2 Å². The fourth-order valence-electron chi connectivity index (χ4n) is 5.79. The van der Waals surface area contributed by atoms with Crippen LogP contribution in [0.4, 0.5) is 11.5 Å². The van der Waals surface area contributed by atoms with Crippen LogP contribution >= 0.6 is 11.8 Å². The Morgan fingerprint density at radius 1 is 1.27 bits per heavy atom. The van der Waals surface area contributed by atoms with E-state index in [9.17, 15) is 39.5 Å². The number of nitrogens with zero attached hydrogens (tertiary/aromatic N) is 4. The van der Waals surface area contributed by atoms with Gasteiger partial charge >= 0.3 is 17.8 Å². The summed E-state index contributed by atoms with van der Waals surface area (Å²) in [4.78, 5) is 63.7. The van der Waals surface area contributed by atoms with Gasteiger partial charge in [-0.1, -0.05) is 13.0 Å². The molecule has 6 N–H and O–H groups in total. The summed E-state index contributed by atoms with van der Waals surface area (Å²) >= 11 is 1.36. The van der Waals surface area contributed by atoms with Crippen molar-refractivity contribution in [2.75, 3.05) is 18.5 Å². The van der Waals surface area contributed by atoms with E-state index in [1.807, 2.05) is 6.92 Å². The summed E-state index contributed by atoms with van der Waals surface area (Å²) in [5.74, 6) is -3.34. The Bertz CT molecular complexity index is 1540. The first-order valence-corrected chi connectivity index (χ1v) is 14.9. The third-order valence-corrected chi connectivity index (χ3v) is 9.45. The maximum absolute atomic E-state index is 12.7. The van der Waals surface area contributed by atoms with Crippen molar-refractivity contribution in [3.05, 3.63) is 62.6 Å². The van der Waals surface area contributed by atoms with E-state index in [1.165, 1.54) is 46.5 Å². The van der Waals surface area contributed by atoms with Crippen molar-refractivity contribution in [1.29, 1.82) is 0 Å². The maximum atomic E-state index is 12.7. The SMILES string of the molecule is C[C@@H](O)[C@H]1C(=O)N2C(C(=O)O)=C(S[C@@H]3CN[C@H](C(=O)Nc4cccc(C(=O)O)c4)C3)[C@H](C)[C@H]12.Cc1ncc([N+](=O)[O-])n1CCO. The van der Waals surface area contributed by atoms with Crippen LogP contribution in [0.3, 0.4) is 0 Å². The number of carboxylic acid groups (broad SMARTS) is 2. The smallest absolute Gasteiger partial charge is 0.353 e. The molecule has 1 aromatic carbocycles. The van der Waals surface area contributed by atoms with Crippen molar-refractivity contribution in [3.63, 3.8) is 0 Å². The summed E-state index contributed by atoms with van der Waals surface area (Å²) in [6.07, 6.45) is 0.767. The normalized spacial score (nSPS) is 24.3. The molecule has 0 unspecified atom stereocenters. The number of thioether (sulfide) groups is 1. The van der Waals surface area contributed by atoms with E-state index >= 15 is 0 Å². The Kier molecular flexibility index (Phi) is 10.3. The molecule has 242 valence electrons. The first-order chi connectivity index (χ1) is 21.3. The van der Waals surface area contributed by atoms with Gasteiger partial charge in [-0.25, -0.2) is 19.1 Å². The fraction of sp³-hybridized carbons (Fsp3) is 0.464. The highest BCUT2D eigenvalue weighted by Crippen LogP contribution is 2.51. The van der Waals surface area contributed by atoms with Gasteiger partial charge < -0.3 is 46.1 Å². The van der Waals surface area contributed by atoms with Gasteiger partial charge in [0.15, 0.2) is 5.82 Å². The Labute approximate surface area is 261 Å². The lowest BCUT2D eigenvalue weighted by Gasteiger charge is -2.46. The molecule has 2 saturated heterocycles. The molecule has 0 spiro atoms. The molecule has 45 heavy (non-hydrogen) atoms. The number of carboxylic acids is 2. The third kappa shape index (κ3) is 6.85. The van der Waals surface area contributed by atoms with Crippen molar-refractivity contribution in [2.24, 2.45) is 11.8 Å². The third-order valence-electron chi connectivity index (χ3n) is 7.93. The average molecular weight is 647 g/mol. The molecule has 0 bridgehead atoms. The van der Waals surface area contributed by atoms with Crippen LogP contribution in [0.1, 0.15) is 36.5 Å². The highest BCUT2D eigenvalue weighted by atomic mass is 32.2. The number of hydrogen-bond acceptors (Lipinski definition) is 11. The quantitative estimate of drug-likeness (QED) is 0.120. The van der Waals surface area contributed by atoms with Gasteiger partial charge in [-0.2, -0.15) is 0 Å². The van der Waals surface area contributed by atoms with Crippen LogP contribution in [0.15, 0.2) is 41.1 Å². The number of aromatic nitrogens is 2. The number of hydrogen-bond donors (Lipinski definition) is 6. The minimum atomic E-state index is -1.18. The molecule has 17 heteroatoms. The molecule has 0 saturated carbocycles. The number of aliphatic hydroxyl groups excluding tert-OH is 2. The second-order valence-electron chi connectivity index (χ2n) is 10.9. The van der Waals surface area contributed by atoms with Gasteiger partial charge in [0.05, 0.1) is 36.3 Å². The molecule has 4 heterocycles. The first-order valence-electron chi connectivity index (χ1n) is 14.1. The predicted octanol–water partition coefficient (Wildman–Crippen LogP) is 1.03. The number of fused-ring (bicyclic) bond motifs is 1. The number of aliphatic carboxylic acids is 1. The summed E-state index contributed by atoms with van der Waals surface area (Å²) < 4.78 is 1.36. The minimum absolute atomic E-state index is 0.0298. The van der Waals surface area contributed by atoms with Crippen molar-refractivity contribution in [3.8, 4) is 0 Å². The molecule has 3 aliphatic rings. The topological polar surface area (TPSA) is 237 Å². The monoisotopic (exact) mass is 646 g/mol. The lowest BCUT2D eigenvalue weighted by molar-refractivity contribution is -0.392. The Balaban J connectivity index is 0.000000323. The summed E-state index contributed by atoms with van der Waals surface area (Å²) in [5.41, 5.74) is 0.418. The lowest BCUT2D eigenvalue weighted by Crippen LogP contribution is -2.63. The maximum Gasteiger partial charge on any atom is 0.353 e. The number of aromatic carboxylic acids is 1. The molecular formula is C28H34N6O10S. The van der Waals surface area contributed by atoms with E-state index in [0.29, 0.717) is 29.4 Å². The zero-order valence-electron chi connectivity index (χ0n) is 24.6. The highest BCUT2D eigenvalue weighted by Gasteiger charge is 2.60. The van der Waals surface area contributed by atoms with E-state index in [0.717, 1.165) is 0 Å². The number of imidazole rings is 1. The Morgan fingerprint density at radius 3 is 2.58 bits per heavy atom. The average Bonchev–Trinajstić information content (AvgIpc) is 3.65. The number of aliphatic hydroxyl groups is 2. The number of carbonyl (C=O) groups is 4. The minimum Gasteiger partial charge on any atom is -0.478 e. The number of nitro groups is 1. The van der Waals surface area contributed by atoms with E-state index in [4.69, 9.17) is 10.2 Å². The van der Waals surface area contributed by atoms with Gasteiger partial charge in [-0.05, 0) is 36.5 Å². The second kappa shape index (κ2) is 13.8. The highest BCUT2D eigenvalue weighted by molar-refractivity contribution is 8.03. The summed E-state index contributed by atoms with van der Waals surface area (Å²) in [6, 6.07) is 5.07. The molecule has 1 aromatic heterocycles. The number of aryl methyl sites for hydroxylation is 1. The zero-order chi connectivity index (χ0) is 33.2. The van der Waals surface area contributed by atoms with Crippen molar-refractivity contribution in [1.82, 2.24) is 19.8 Å². The summed E-state index contributed by atoms with van der Waals surface area (Å²) in [5, 5.41) is 53.5. The van der Waals surface area contributed by atoms with Gasteiger partial charge in [-0.3, -0.25) is 9.59 Å². The van der Waals surface area contributed by atoms with Crippen molar-refractivity contribution < 1.29 is 44.5 Å². The van der Waals surface area contributed by atoms with Crippen LogP contribution in [0.5, 0.6) is 0 Å². The molecular weight excluding hydrogens is 612 g/mol. The molecule has 3 aliphatic heterocycles. The lowest BCUT2D eigenvalue weighted by atomic mass is 9.79. The number of nitrogens with one attached hydrogen (secondary N) is 2. The number of β-lactam (4-membered cyclic amide) rings is 1. The van der Waals surface area contributed by atoms with Crippen LogP contribution < -0.4 is 10.6 Å². The number of rotatable bonds is 10. The van der Waals surface area contributed by atoms with Crippen LogP contribution in [-0.4, -0.2) is 100 Å². The number of benzene rings is 1. The van der Waals surface area contributed by atoms with Crippen molar-refractivity contribution in [2.45, 2.75) is 57.2 Å². The molecule has 16 nitrogen and oxygen atoms in total. The van der Waals surface area contributed by atoms with Gasteiger partial charge in [0.25, 0.3) is 0 Å². The Hall–Kier alpha value is -4.32. The zero-order valence-corrected chi connectivity index (χ0v) is 25.4. The molecule has 2 fully saturated rings. The summed E-state index contributed by atoms with van der Waals surface area (Å²) in [7, 11) is 0. The second-order valence-corrected chi connectivity index (χ2v) is 12.2. The Morgan fingerprint density at radius 2 is 1.98 bits per heavy atom. The van der Waals surface area contributed by atoms with Crippen molar-refractivity contribution >= 4 is 47.0 Å². The van der Waals surface area contributed by atoms with Crippen LogP contribution in [0.2, 0.25) is 0 Å². The first kappa shape index (κ1) is 33.6. The van der Waals surface area contributed by atoms with Crippen LogP contribution in [0.25, 0.3) is 0 Å². The molecule has 0 radical (unpaired) electrons. The van der Waals surface area contributed by atoms with Crippen LogP contribution in [0, 0.1) is 28.9 Å². The standard InChI is InChI=1S/C22H25N3O7S.C6H9N3O3/c1-9-16-15(10(2)26)20(28)25(16)17(22(31)32)18(9)33-13-7-14(23-8-13)19(27)24-12-5-3-4-11(6-12)21(29)30;1-5-7-4-6(9(11)12)8(5)2-3-10/h3-6,9-10,13-16,23,26H,7-8H2,1-2H3,(H,24,27)(H,29,30)(H,31,32);4,10H,2-3H2,1H3/t9-,10-,13+,14+,15-,16-;/m1./s1. The largest absolute Gasteiger partial charge is 0.478 e. The van der Waals surface area contributed by atoms with Gasteiger partial charge in [0.1, 0.15) is 18.4 Å². The molecule has 2 amide bonds. The van der Waals surface area contributed by atoms with E-state index in [-0.39, 0.29) is 59.3 Å². The van der Waals surface area contributed by atoms with Crippen LogP contribution in [-0.2, 0) is 20.9 Å². The number of anilines is 1. The van der Waals surface area contributed by atoms with E-state index in [2.05, 4.69) is 15.6 Å². The van der Waals surface area contributed by atoms with E-state index in [1.54, 1.807) is 19.1 Å². The summed E-state index contributed by atoms with van der Waals surface area (Å²) in [6.45, 7) is 5.61. The number of carbonyl (C=O) groups excluding carboxylic acids is 2.